The van der Waals surface area contributed by atoms with E-state index in [1.807, 2.05) is 23.6 Å². The maximum atomic E-state index is 5.85. The lowest BCUT2D eigenvalue weighted by Gasteiger charge is -1.97. The van der Waals surface area contributed by atoms with Gasteiger partial charge in [-0.2, -0.15) is 4.98 Å². The lowest BCUT2D eigenvalue weighted by atomic mass is 10.1. The average molecular weight is 271 g/mol. The van der Waals surface area contributed by atoms with Gasteiger partial charge in [0.2, 0.25) is 5.82 Å². The molecule has 3 rings (SSSR count). The van der Waals surface area contributed by atoms with E-state index in [2.05, 4.69) is 29.2 Å². The van der Waals surface area contributed by atoms with Crippen molar-refractivity contribution in [1.82, 2.24) is 10.1 Å². The Morgan fingerprint density at radius 3 is 2.63 bits per heavy atom. The standard InChI is InChI=1S/C14H13N3OS/c1-2-9-3-5-10(6-4-9)13-16-14(18-17-13)11-7-8-19-12(11)15/h3-8H,2,15H2,1H3. The molecule has 0 atom stereocenters. The number of aryl methyl sites for hydroxylation is 1. The summed E-state index contributed by atoms with van der Waals surface area (Å²) in [7, 11) is 0. The van der Waals surface area contributed by atoms with E-state index >= 15 is 0 Å². The van der Waals surface area contributed by atoms with Gasteiger partial charge in [-0.15, -0.1) is 11.3 Å². The van der Waals surface area contributed by atoms with Crippen molar-refractivity contribution in [2.24, 2.45) is 0 Å². The number of rotatable bonds is 3. The van der Waals surface area contributed by atoms with Crippen molar-refractivity contribution in [3.8, 4) is 22.8 Å². The highest BCUT2D eigenvalue weighted by molar-refractivity contribution is 7.14. The van der Waals surface area contributed by atoms with Crippen molar-refractivity contribution in [1.29, 1.82) is 0 Å². The van der Waals surface area contributed by atoms with Crippen LogP contribution in [0.15, 0.2) is 40.2 Å². The van der Waals surface area contributed by atoms with Gasteiger partial charge < -0.3 is 10.3 Å². The summed E-state index contributed by atoms with van der Waals surface area (Å²) in [5.74, 6) is 1.05. The molecule has 5 heteroatoms. The molecule has 0 spiro atoms. The molecule has 0 aliphatic rings. The molecule has 0 radical (unpaired) electrons. The van der Waals surface area contributed by atoms with Gasteiger partial charge in [-0.3, -0.25) is 0 Å². The summed E-state index contributed by atoms with van der Waals surface area (Å²) in [6.07, 6.45) is 1.02. The Morgan fingerprint density at radius 2 is 2.00 bits per heavy atom. The summed E-state index contributed by atoms with van der Waals surface area (Å²) in [5.41, 5.74) is 8.88. The molecule has 0 aliphatic heterocycles. The molecule has 0 saturated heterocycles. The molecule has 0 aliphatic carbocycles. The number of thiophene rings is 1. The highest BCUT2D eigenvalue weighted by atomic mass is 32.1. The zero-order valence-corrected chi connectivity index (χ0v) is 11.3. The molecular weight excluding hydrogens is 258 g/mol. The van der Waals surface area contributed by atoms with Gasteiger partial charge in [0.15, 0.2) is 0 Å². The Balaban J connectivity index is 1.94. The van der Waals surface area contributed by atoms with Crippen LogP contribution in [0.25, 0.3) is 22.8 Å². The van der Waals surface area contributed by atoms with E-state index in [0.29, 0.717) is 16.7 Å². The van der Waals surface area contributed by atoms with Crippen LogP contribution < -0.4 is 5.73 Å². The van der Waals surface area contributed by atoms with E-state index in [-0.39, 0.29) is 0 Å². The van der Waals surface area contributed by atoms with E-state index in [4.69, 9.17) is 10.3 Å². The molecule has 0 fully saturated rings. The van der Waals surface area contributed by atoms with E-state index in [1.54, 1.807) is 0 Å². The minimum absolute atomic E-state index is 0.466. The zero-order valence-electron chi connectivity index (χ0n) is 10.5. The maximum absolute atomic E-state index is 5.85. The number of nitrogens with two attached hydrogens (primary N) is 1. The second-order valence-corrected chi connectivity index (χ2v) is 5.12. The fraction of sp³-hybridized carbons (Fsp3) is 0.143. The average Bonchev–Trinajstić information content (AvgIpc) is 3.07. The highest BCUT2D eigenvalue weighted by Crippen LogP contribution is 2.30. The Morgan fingerprint density at radius 1 is 1.21 bits per heavy atom. The van der Waals surface area contributed by atoms with Gasteiger partial charge in [0.1, 0.15) is 0 Å². The van der Waals surface area contributed by atoms with Crippen molar-refractivity contribution in [2.75, 3.05) is 5.73 Å². The van der Waals surface area contributed by atoms with Gasteiger partial charge in [-0.05, 0) is 23.4 Å². The first-order valence-corrected chi connectivity index (χ1v) is 6.92. The number of nitrogen functional groups attached to an aromatic ring is 1. The van der Waals surface area contributed by atoms with Crippen LogP contribution in [0.4, 0.5) is 5.00 Å². The van der Waals surface area contributed by atoms with E-state index in [0.717, 1.165) is 17.5 Å². The molecular formula is C14H13N3OS. The predicted octanol–water partition coefficient (Wildman–Crippen LogP) is 3.61. The van der Waals surface area contributed by atoms with Gasteiger partial charge in [0, 0.05) is 5.56 Å². The summed E-state index contributed by atoms with van der Waals surface area (Å²) in [5, 5.41) is 6.60. The Hall–Kier alpha value is -2.14. The molecule has 2 aromatic heterocycles. The number of hydrogen-bond acceptors (Lipinski definition) is 5. The molecule has 2 heterocycles. The molecule has 96 valence electrons. The van der Waals surface area contributed by atoms with Gasteiger partial charge >= 0.3 is 0 Å². The van der Waals surface area contributed by atoms with Gasteiger partial charge in [0.05, 0.1) is 10.6 Å². The van der Waals surface area contributed by atoms with E-state index in [9.17, 15) is 0 Å². The fourth-order valence-electron chi connectivity index (χ4n) is 1.84. The number of hydrogen-bond donors (Lipinski definition) is 1. The number of aromatic nitrogens is 2. The van der Waals surface area contributed by atoms with Crippen LogP contribution in [0.1, 0.15) is 12.5 Å². The van der Waals surface area contributed by atoms with Crippen molar-refractivity contribution >= 4 is 16.3 Å². The van der Waals surface area contributed by atoms with Crippen molar-refractivity contribution in [3.05, 3.63) is 41.3 Å². The Bertz CT molecular complexity index is 685. The monoisotopic (exact) mass is 271 g/mol. The van der Waals surface area contributed by atoms with Crippen LogP contribution in [-0.4, -0.2) is 10.1 Å². The largest absolute Gasteiger partial charge is 0.390 e. The summed E-state index contributed by atoms with van der Waals surface area (Å²) >= 11 is 1.46. The lowest BCUT2D eigenvalue weighted by molar-refractivity contribution is 0.432. The third kappa shape index (κ3) is 2.24. The maximum Gasteiger partial charge on any atom is 0.261 e. The molecule has 2 N–H and O–H groups in total. The summed E-state index contributed by atoms with van der Waals surface area (Å²) in [4.78, 5) is 4.39. The quantitative estimate of drug-likeness (QED) is 0.790. The SMILES string of the molecule is CCc1ccc(-c2noc(-c3ccsc3N)n2)cc1. The fourth-order valence-corrected chi connectivity index (χ4v) is 2.47. The third-order valence-corrected chi connectivity index (χ3v) is 3.72. The molecule has 19 heavy (non-hydrogen) atoms. The van der Waals surface area contributed by atoms with Crippen LogP contribution in [0, 0.1) is 0 Å². The highest BCUT2D eigenvalue weighted by Gasteiger charge is 2.13. The van der Waals surface area contributed by atoms with E-state index < -0.39 is 0 Å². The number of nitrogens with zero attached hydrogens (tertiary/aromatic N) is 2. The zero-order chi connectivity index (χ0) is 13.2. The summed E-state index contributed by atoms with van der Waals surface area (Å²) < 4.78 is 5.27. The predicted molar refractivity (Wildman–Crippen MR) is 76.8 cm³/mol. The van der Waals surface area contributed by atoms with Gasteiger partial charge in [-0.25, -0.2) is 0 Å². The summed E-state index contributed by atoms with van der Waals surface area (Å²) in [6, 6.07) is 10.0. The van der Waals surface area contributed by atoms with E-state index in [1.165, 1.54) is 16.9 Å². The van der Waals surface area contributed by atoms with Crippen LogP contribution in [0.2, 0.25) is 0 Å². The third-order valence-electron chi connectivity index (χ3n) is 2.97. The topological polar surface area (TPSA) is 64.9 Å². The molecule has 0 unspecified atom stereocenters. The minimum Gasteiger partial charge on any atom is -0.390 e. The molecule has 1 aromatic carbocycles. The number of anilines is 1. The molecule has 3 aromatic rings. The van der Waals surface area contributed by atoms with Gasteiger partial charge in [0.25, 0.3) is 5.89 Å². The van der Waals surface area contributed by atoms with Crippen LogP contribution in [0.5, 0.6) is 0 Å². The van der Waals surface area contributed by atoms with Crippen molar-refractivity contribution < 1.29 is 4.52 Å². The lowest BCUT2D eigenvalue weighted by Crippen LogP contribution is -1.85. The first kappa shape index (κ1) is 11.9. The molecule has 0 bridgehead atoms. The molecule has 0 amide bonds. The second kappa shape index (κ2) is 4.85. The van der Waals surface area contributed by atoms with Crippen molar-refractivity contribution in [2.45, 2.75) is 13.3 Å². The normalized spacial score (nSPS) is 10.8. The van der Waals surface area contributed by atoms with Crippen LogP contribution >= 0.6 is 11.3 Å². The van der Waals surface area contributed by atoms with Gasteiger partial charge in [-0.1, -0.05) is 36.3 Å². The Labute approximate surface area is 114 Å². The Kier molecular flexibility index (Phi) is 3.05. The molecule has 4 nitrogen and oxygen atoms in total. The first-order chi connectivity index (χ1) is 9.28. The van der Waals surface area contributed by atoms with Crippen LogP contribution in [-0.2, 0) is 6.42 Å². The first-order valence-electron chi connectivity index (χ1n) is 6.04. The van der Waals surface area contributed by atoms with Crippen LogP contribution in [0.3, 0.4) is 0 Å². The summed E-state index contributed by atoms with van der Waals surface area (Å²) in [6.45, 7) is 2.13. The molecule has 0 saturated carbocycles. The second-order valence-electron chi connectivity index (χ2n) is 4.17. The van der Waals surface area contributed by atoms with Crippen molar-refractivity contribution in [3.63, 3.8) is 0 Å². The minimum atomic E-state index is 0.466. The number of benzene rings is 1. The smallest absolute Gasteiger partial charge is 0.261 e.